The molecule has 0 spiro atoms. The van der Waals surface area contributed by atoms with E-state index >= 15 is 0 Å². The number of carbonyl (C=O) groups excluding carboxylic acids is 2. The number of ether oxygens (including phenoxy) is 4. The van der Waals surface area contributed by atoms with Crippen LogP contribution in [-0.4, -0.2) is 42.1 Å². The summed E-state index contributed by atoms with van der Waals surface area (Å²) in [6.45, 7) is 16.9. The van der Waals surface area contributed by atoms with E-state index in [0.29, 0.717) is 25.4 Å². The number of carbonyl (C=O) groups is 2. The molecule has 1 aliphatic rings. The molecule has 1 aliphatic heterocycles. The van der Waals surface area contributed by atoms with Gasteiger partial charge in [-0.3, -0.25) is 9.59 Å². The third-order valence-electron chi connectivity index (χ3n) is 8.59. The van der Waals surface area contributed by atoms with Gasteiger partial charge in [-0.05, 0) is 100 Å². The van der Waals surface area contributed by atoms with Crippen LogP contribution in [0.5, 0.6) is 11.5 Å². The van der Waals surface area contributed by atoms with Gasteiger partial charge in [-0.2, -0.15) is 0 Å². The summed E-state index contributed by atoms with van der Waals surface area (Å²) in [5, 5.41) is 9.94. The number of cyclic esters (lactones) is 1. The van der Waals surface area contributed by atoms with E-state index in [4.69, 9.17) is 18.9 Å². The van der Waals surface area contributed by atoms with E-state index in [1.807, 2.05) is 58.9 Å². The lowest BCUT2D eigenvalue weighted by Crippen LogP contribution is -2.42. The molecule has 3 rings (SSSR count). The number of benzene rings is 2. The summed E-state index contributed by atoms with van der Waals surface area (Å²) in [4.78, 5) is 25.4. The van der Waals surface area contributed by atoms with Crippen molar-refractivity contribution in [2.75, 3.05) is 13.2 Å². The summed E-state index contributed by atoms with van der Waals surface area (Å²) < 4.78 is 22.9. The molecule has 7 nitrogen and oxygen atoms in total. The van der Waals surface area contributed by atoms with E-state index in [0.717, 1.165) is 17.7 Å². The Hall–Kier alpha value is -3.06. The van der Waals surface area contributed by atoms with Crippen molar-refractivity contribution in [1.29, 1.82) is 0 Å². The average molecular weight is 583 g/mol. The Kier molecular flexibility index (Phi) is 11.5. The molecule has 0 radical (unpaired) electrons. The normalized spacial score (nSPS) is 19.1. The summed E-state index contributed by atoms with van der Waals surface area (Å²) in [7, 11) is 0. The van der Waals surface area contributed by atoms with Gasteiger partial charge >= 0.3 is 11.9 Å². The third kappa shape index (κ3) is 9.22. The second-order valence-electron chi connectivity index (χ2n) is 13.1. The summed E-state index contributed by atoms with van der Waals surface area (Å²) >= 11 is 0. The van der Waals surface area contributed by atoms with E-state index < -0.39 is 11.0 Å². The van der Waals surface area contributed by atoms with Crippen LogP contribution >= 0.6 is 0 Å². The van der Waals surface area contributed by atoms with E-state index in [9.17, 15) is 14.7 Å². The Morgan fingerprint density at radius 3 is 2.17 bits per heavy atom. The molecular formula is C35H50O7. The van der Waals surface area contributed by atoms with Gasteiger partial charge in [0.05, 0.1) is 25.0 Å². The zero-order chi connectivity index (χ0) is 31.1. The number of aromatic hydroxyl groups is 1. The van der Waals surface area contributed by atoms with Crippen LogP contribution in [0, 0.1) is 17.3 Å². The topological polar surface area (TPSA) is 91.3 Å². The predicted octanol–water partition coefficient (Wildman–Crippen LogP) is 7.76. The minimum atomic E-state index is -0.817. The molecule has 0 aliphatic carbocycles. The monoisotopic (exact) mass is 582 g/mol. The Labute approximate surface area is 251 Å². The minimum absolute atomic E-state index is 0.0398. The molecule has 42 heavy (non-hydrogen) atoms. The molecule has 1 heterocycles. The highest BCUT2D eigenvalue weighted by Gasteiger charge is 2.44. The molecule has 2 aromatic rings. The molecule has 1 N–H and O–H groups in total. The first-order chi connectivity index (χ1) is 19.7. The molecule has 0 aromatic heterocycles. The average Bonchev–Trinajstić information content (AvgIpc) is 3.39. The molecule has 0 bridgehead atoms. The van der Waals surface area contributed by atoms with E-state index in [1.54, 1.807) is 12.1 Å². The van der Waals surface area contributed by atoms with Crippen LogP contribution in [0.1, 0.15) is 104 Å². The van der Waals surface area contributed by atoms with Gasteiger partial charge in [0, 0.05) is 5.92 Å². The van der Waals surface area contributed by atoms with Crippen molar-refractivity contribution in [3.8, 4) is 11.5 Å². The van der Waals surface area contributed by atoms with Crippen LogP contribution in [0.4, 0.5) is 0 Å². The number of phenols is 1. The second kappa shape index (κ2) is 14.4. The molecule has 1 saturated heterocycles. The van der Waals surface area contributed by atoms with Crippen molar-refractivity contribution >= 4 is 11.9 Å². The maximum atomic E-state index is 13.7. The summed E-state index contributed by atoms with van der Waals surface area (Å²) in [5.74, 6) is 0.964. The standard InChI is InChI=1S/C35H50O7/c1-9-35(8,33(38)42-34(6,7)29-19-32(37)40-22-29)20-28(27-10-14-30(36)15-11-27)18-24(4)26-12-16-31(17-13-26)41-25(5)39-21-23(2)3/h10-17,23-25,28-29,36H,9,18-22H2,1-8H3. The number of phenolic OH excluding ortho intramolecular Hbond substituents is 1. The van der Waals surface area contributed by atoms with Gasteiger partial charge in [-0.15, -0.1) is 0 Å². The lowest BCUT2D eigenvalue weighted by atomic mass is 9.73. The fourth-order valence-electron chi connectivity index (χ4n) is 5.40. The van der Waals surface area contributed by atoms with Gasteiger partial charge in [0.15, 0.2) is 6.29 Å². The molecule has 232 valence electrons. The Balaban J connectivity index is 1.75. The molecule has 0 saturated carbocycles. The van der Waals surface area contributed by atoms with Gasteiger partial charge in [-0.25, -0.2) is 0 Å². The summed E-state index contributed by atoms with van der Waals surface area (Å²) in [5.41, 5.74) is 0.682. The number of hydrogen-bond acceptors (Lipinski definition) is 7. The van der Waals surface area contributed by atoms with Crippen molar-refractivity contribution in [2.24, 2.45) is 17.3 Å². The zero-order valence-corrected chi connectivity index (χ0v) is 26.6. The quantitative estimate of drug-likeness (QED) is 0.169. The highest BCUT2D eigenvalue weighted by Crippen LogP contribution is 2.43. The van der Waals surface area contributed by atoms with E-state index in [1.165, 1.54) is 5.56 Å². The van der Waals surface area contributed by atoms with Crippen molar-refractivity contribution < 1.29 is 33.6 Å². The molecule has 5 atom stereocenters. The van der Waals surface area contributed by atoms with Crippen molar-refractivity contribution in [1.82, 2.24) is 0 Å². The Morgan fingerprint density at radius 1 is 1.00 bits per heavy atom. The van der Waals surface area contributed by atoms with Crippen LogP contribution < -0.4 is 4.74 Å². The van der Waals surface area contributed by atoms with Crippen molar-refractivity contribution in [3.63, 3.8) is 0 Å². The first-order valence-corrected chi connectivity index (χ1v) is 15.3. The fraction of sp³-hybridized carbons (Fsp3) is 0.600. The van der Waals surface area contributed by atoms with Crippen LogP contribution in [0.25, 0.3) is 0 Å². The predicted molar refractivity (Wildman–Crippen MR) is 163 cm³/mol. The fourth-order valence-corrected chi connectivity index (χ4v) is 5.40. The summed E-state index contributed by atoms with van der Waals surface area (Å²) in [6.07, 6.45) is 1.92. The van der Waals surface area contributed by atoms with Crippen LogP contribution in [-0.2, 0) is 23.8 Å². The minimum Gasteiger partial charge on any atom is -0.508 e. The van der Waals surface area contributed by atoms with Gasteiger partial charge in [0.25, 0.3) is 0 Å². The largest absolute Gasteiger partial charge is 0.508 e. The molecule has 7 heteroatoms. The zero-order valence-electron chi connectivity index (χ0n) is 26.6. The second-order valence-corrected chi connectivity index (χ2v) is 13.1. The number of esters is 2. The molecule has 5 unspecified atom stereocenters. The Morgan fingerprint density at radius 2 is 1.62 bits per heavy atom. The smallest absolute Gasteiger partial charge is 0.312 e. The van der Waals surface area contributed by atoms with Gasteiger partial charge < -0.3 is 24.1 Å². The van der Waals surface area contributed by atoms with Crippen LogP contribution in [0.3, 0.4) is 0 Å². The number of rotatable bonds is 15. The third-order valence-corrected chi connectivity index (χ3v) is 8.59. The summed E-state index contributed by atoms with van der Waals surface area (Å²) in [6, 6.07) is 15.4. The van der Waals surface area contributed by atoms with Gasteiger partial charge in [0.2, 0.25) is 0 Å². The maximum Gasteiger partial charge on any atom is 0.312 e. The van der Waals surface area contributed by atoms with Crippen molar-refractivity contribution in [3.05, 3.63) is 59.7 Å². The van der Waals surface area contributed by atoms with Crippen LogP contribution in [0.2, 0.25) is 0 Å². The molecule has 0 amide bonds. The highest BCUT2D eigenvalue weighted by molar-refractivity contribution is 5.77. The highest BCUT2D eigenvalue weighted by atomic mass is 16.7. The maximum absolute atomic E-state index is 13.7. The molecule has 2 aromatic carbocycles. The van der Waals surface area contributed by atoms with E-state index in [2.05, 4.69) is 32.9 Å². The van der Waals surface area contributed by atoms with Gasteiger partial charge in [0.1, 0.15) is 17.1 Å². The van der Waals surface area contributed by atoms with Gasteiger partial charge in [-0.1, -0.05) is 52.0 Å². The first-order valence-electron chi connectivity index (χ1n) is 15.3. The van der Waals surface area contributed by atoms with Crippen molar-refractivity contribution in [2.45, 2.75) is 105 Å². The molecule has 1 fully saturated rings. The SMILES string of the molecule is CCC(C)(CC(CC(C)c1ccc(OC(C)OCC(C)C)cc1)c1ccc(O)cc1)C(=O)OC(C)(C)C1COC(=O)C1. The van der Waals surface area contributed by atoms with Crippen LogP contribution in [0.15, 0.2) is 48.5 Å². The lowest BCUT2D eigenvalue weighted by Gasteiger charge is -2.37. The first kappa shape index (κ1) is 33.4. The van der Waals surface area contributed by atoms with E-state index in [-0.39, 0.29) is 54.8 Å². The number of hydrogen-bond donors (Lipinski definition) is 1. The molecular weight excluding hydrogens is 532 g/mol. The lowest BCUT2D eigenvalue weighted by molar-refractivity contribution is -0.174. The Bertz CT molecular complexity index is 1150.